The second-order valence-corrected chi connectivity index (χ2v) is 6.59. The number of hydrogen-bond acceptors (Lipinski definition) is 5. The van der Waals surface area contributed by atoms with E-state index in [1.54, 1.807) is 34.5 Å². The fourth-order valence-electron chi connectivity index (χ4n) is 3.59. The van der Waals surface area contributed by atoms with Crippen molar-refractivity contribution >= 4 is 23.2 Å². The quantitative estimate of drug-likeness (QED) is 0.742. The standard InChI is InChI=1S/C23H24O6/c1-13-17(8-14-9-21(28-4)22(29-5)12-20(14)27-3)16-7-6-15(26-2)10-19(16)18(13)11-23(24)25/h6-10,12H,11H2,1-5H3,(H,24,25)/b17-8+. The molecule has 2 aromatic carbocycles. The van der Waals surface area contributed by atoms with Gasteiger partial charge in [-0.2, -0.15) is 0 Å². The zero-order chi connectivity index (χ0) is 21.1. The van der Waals surface area contributed by atoms with Crippen molar-refractivity contribution in [2.45, 2.75) is 13.3 Å². The Labute approximate surface area is 170 Å². The molecule has 0 aromatic heterocycles. The van der Waals surface area contributed by atoms with Crippen LogP contribution in [0.15, 0.2) is 35.9 Å². The van der Waals surface area contributed by atoms with E-state index in [4.69, 9.17) is 18.9 Å². The van der Waals surface area contributed by atoms with E-state index < -0.39 is 5.97 Å². The van der Waals surface area contributed by atoms with Crippen LogP contribution >= 0.6 is 0 Å². The first kappa shape index (κ1) is 20.3. The molecule has 29 heavy (non-hydrogen) atoms. The van der Waals surface area contributed by atoms with Crippen LogP contribution in [0.1, 0.15) is 30.0 Å². The molecule has 2 aromatic rings. The fraction of sp³-hybridized carbons (Fsp3) is 0.261. The lowest BCUT2D eigenvalue weighted by Crippen LogP contribution is -1.97. The Hall–Kier alpha value is -3.41. The van der Waals surface area contributed by atoms with Gasteiger partial charge < -0.3 is 24.1 Å². The number of rotatable bonds is 7. The van der Waals surface area contributed by atoms with E-state index in [0.717, 1.165) is 33.4 Å². The second kappa shape index (κ2) is 8.31. The summed E-state index contributed by atoms with van der Waals surface area (Å²) >= 11 is 0. The average Bonchev–Trinajstić information content (AvgIpc) is 2.97. The summed E-state index contributed by atoms with van der Waals surface area (Å²) < 4.78 is 21.7. The normalized spacial score (nSPS) is 14.0. The van der Waals surface area contributed by atoms with Gasteiger partial charge in [0, 0.05) is 11.6 Å². The molecule has 6 nitrogen and oxygen atoms in total. The van der Waals surface area contributed by atoms with E-state index in [1.165, 1.54) is 0 Å². The van der Waals surface area contributed by atoms with Crippen LogP contribution in [0.3, 0.4) is 0 Å². The molecule has 0 saturated carbocycles. The number of carbonyl (C=O) groups is 1. The monoisotopic (exact) mass is 396 g/mol. The molecular formula is C23H24O6. The third kappa shape index (κ3) is 3.78. The Bertz CT molecular complexity index is 1020. The zero-order valence-corrected chi connectivity index (χ0v) is 17.2. The van der Waals surface area contributed by atoms with E-state index in [0.29, 0.717) is 23.0 Å². The van der Waals surface area contributed by atoms with Crippen LogP contribution in [0.5, 0.6) is 23.0 Å². The van der Waals surface area contributed by atoms with Crippen LogP contribution in [0.4, 0.5) is 0 Å². The average molecular weight is 396 g/mol. The molecule has 0 saturated heterocycles. The highest BCUT2D eigenvalue weighted by Gasteiger charge is 2.26. The SMILES string of the molecule is COc1ccc2c(c1)C(CC(=O)O)=C(C)/C2=C\c1cc(OC)c(OC)cc1OC. The number of allylic oxidation sites excluding steroid dienone is 2. The summed E-state index contributed by atoms with van der Waals surface area (Å²) in [4.78, 5) is 11.4. The molecule has 1 aliphatic rings. The Morgan fingerprint density at radius 2 is 1.55 bits per heavy atom. The van der Waals surface area contributed by atoms with Crippen molar-refractivity contribution in [2.75, 3.05) is 28.4 Å². The summed E-state index contributed by atoms with van der Waals surface area (Å²) in [6.07, 6.45) is 1.92. The molecule has 1 aliphatic carbocycles. The largest absolute Gasteiger partial charge is 0.497 e. The number of benzene rings is 2. The molecule has 0 radical (unpaired) electrons. The molecule has 152 valence electrons. The van der Waals surface area contributed by atoms with Gasteiger partial charge in [-0.3, -0.25) is 4.79 Å². The number of aliphatic carboxylic acids is 1. The highest BCUT2D eigenvalue weighted by molar-refractivity contribution is 6.08. The van der Waals surface area contributed by atoms with Gasteiger partial charge in [0.25, 0.3) is 0 Å². The topological polar surface area (TPSA) is 74.2 Å². The van der Waals surface area contributed by atoms with Crippen molar-refractivity contribution in [3.8, 4) is 23.0 Å². The summed E-state index contributed by atoms with van der Waals surface area (Å²) in [5, 5.41) is 9.39. The fourth-order valence-corrected chi connectivity index (χ4v) is 3.59. The molecule has 0 bridgehead atoms. The van der Waals surface area contributed by atoms with Gasteiger partial charge in [0.1, 0.15) is 11.5 Å². The summed E-state index contributed by atoms with van der Waals surface area (Å²) in [7, 11) is 6.33. The number of methoxy groups -OCH3 is 4. The van der Waals surface area contributed by atoms with Crippen molar-refractivity contribution < 1.29 is 28.8 Å². The molecular weight excluding hydrogens is 372 g/mol. The van der Waals surface area contributed by atoms with E-state index in [2.05, 4.69) is 0 Å². The first-order valence-corrected chi connectivity index (χ1v) is 9.05. The van der Waals surface area contributed by atoms with Crippen LogP contribution in [0.25, 0.3) is 17.2 Å². The number of hydrogen-bond donors (Lipinski definition) is 1. The highest BCUT2D eigenvalue weighted by atomic mass is 16.5. The third-order valence-corrected chi connectivity index (χ3v) is 5.06. The van der Waals surface area contributed by atoms with Crippen molar-refractivity contribution in [1.82, 2.24) is 0 Å². The van der Waals surface area contributed by atoms with E-state index in [9.17, 15) is 9.90 Å². The Balaban J connectivity index is 2.22. The van der Waals surface area contributed by atoms with Gasteiger partial charge in [-0.1, -0.05) is 6.07 Å². The van der Waals surface area contributed by atoms with E-state index in [1.807, 2.05) is 37.3 Å². The predicted octanol–water partition coefficient (Wildman–Crippen LogP) is 4.52. The lowest BCUT2D eigenvalue weighted by Gasteiger charge is -2.13. The summed E-state index contributed by atoms with van der Waals surface area (Å²) in [6, 6.07) is 9.31. The summed E-state index contributed by atoms with van der Waals surface area (Å²) in [6.45, 7) is 1.93. The minimum atomic E-state index is -0.877. The van der Waals surface area contributed by atoms with Crippen LogP contribution in [-0.2, 0) is 4.79 Å². The maximum atomic E-state index is 11.4. The third-order valence-electron chi connectivity index (χ3n) is 5.06. The Morgan fingerprint density at radius 1 is 0.897 bits per heavy atom. The smallest absolute Gasteiger partial charge is 0.307 e. The van der Waals surface area contributed by atoms with Gasteiger partial charge >= 0.3 is 5.97 Å². The molecule has 0 unspecified atom stereocenters. The van der Waals surface area contributed by atoms with Crippen LogP contribution in [0, 0.1) is 0 Å². The van der Waals surface area contributed by atoms with Crippen LogP contribution < -0.4 is 18.9 Å². The molecule has 0 aliphatic heterocycles. The molecule has 6 heteroatoms. The van der Waals surface area contributed by atoms with Crippen molar-refractivity contribution in [2.24, 2.45) is 0 Å². The summed E-state index contributed by atoms with van der Waals surface area (Å²) in [5.74, 6) is 1.59. The molecule has 0 atom stereocenters. The highest BCUT2D eigenvalue weighted by Crippen LogP contribution is 2.46. The van der Waals surface area contributed by atoms with Crippen molar-refractivity contribution in [3.05, 3.63) is 52.6 Å². The van der Waals surface area contributed by atoms with Crippen molar-refractivity contribution in [1.29, 1.82) is 0 Å². The lowest BCUT2D eigenvalue weighted by molar-refractivity contribution is -0.135. The van der Waals surface area contributed by atoms with E-state index in [-0.39, 0.29) is 6.42 Å². The molecule has 0 fully saturated rings. The lowest BCUT2D eigenvalue weighted by atomic mass is 9.99. The number of carboxylic acids is 1. The minimum Gasteiger partial charge on any atom is -0.497 e. The molecule has 1 N–H and O–H groups in total. The van der Waals surface area contributed by atoms with Gasteiger partial charge in [0.05, 0.1) is 34.9 Å². The molecule has 0 heterocycles. The first-order valence-electron chi connectivity index (χ1n) is 9.05. The first-order chi connectivity index (χ1) is 13.9. The molecule has 0 spiro atoms. The predicted molar refractivity (Wildman–Crippen MR) is 112 cm³/mol. The van der Waals surface area contributed by atoms with Gasteiger partial charge in [0.2, 0.25) is 0 Å². The number of carboxylic acid groups (broad SMARTS) is 1. The van der Waals surface area contributed by atoms with Gasteiger partial charge in [-0.15, -0.1) is 0 Å². The van der Waals surface area contributed by atoms with Crippen LogP contribution in [0.2, 0.25) is 0 Å². The second-order valence-electron chi connectivity index (χ2n) is 6.59. The van der Waals surface area contributed by atoms with Gasteiger partial charge in [0.15, 0.2) is 11.5 Å². The van der Waals surface area contributed by atoms with Crippen LogP contribution in [-0.4, -0.2) is 39.5 Å². The Kier molecular flexibility index (Phi) is 5.82. The maximum absolute atomic E-state index is 11.4. The molecule has 0 amide bonds. The summed E-state index contributed by atoms with van der Waals surface area (Å²) in [5.41, 5.74) is 5.25. The number of fused-ring (bicyclic) bond motifs is 1. The van der Waals surface area contributed by atoms with E-state index >= 15 is 0 Å². The zero-order valence-electron chi connectivity index (χ0n) is 17.2. The van der Waals surface area contributed by atoms with Gasteiger partial charge in [-0.25, -0.2) is 0 Å². The van der Waals surface area contributed by atoms with Crippen molar-refractivity contribution in [3.63, 3.8) is 0 Å². The van der Waals surface area contributed by atoms with Gasteiger partial charge in [-0.05, 0) is 59.0 Å². The molecule has 3 rings (SSSR count). The minimum absolute atomic E-state index is 0.0631. The number of ether oxygens (including phenoxy) is 4. The Morgan fingerprint density at radius 3 is 2.14 bits per heavy atom. The maximum Gasteiger partial charge on any atom is 0.307 e.